The monoisotopic (exact) mass is 231 g/mol. The Balaban J connectivity index is 1.83. The van der Waals surface area contributed by atoms with Gasteiger partial charge in [-0.3, -0.25) is 0 Å². The van der Waals surface area contributed by atoms with Gasteiger partial charge in [-0.15, -0.1) is 0 Å². The predicted molar refractivity (Wildman–Crippen MR) is 69.5 cm³/mol. The highest BCUT2D eigenvalue weighted by Crippen LogP contribution is 2.41. The van der Waals surface area contributed by atoms with Gasteiger partial charge in [-0.25, -0.2) is 0 Å². The van der Waals surface area contributed by atoms with Crippen LogP contribution in [0.15, 0.2) is 24.3 Å². The molecule has 2 heterocycles. The summed E-state index contributed by atoms with van der Waals surface area (Å²) in [7, 11) is 0. The first kappa shape index (κ1) is 11.1. The van der Waals surface area contributed by atoms with E-state index in [2.05, 4.69) is 36.1 Å². The molecule has 1 aromatic rings. The van der Waals surface area contributed by atoms with E-state index in [9.17, 15) is 0 Å². The lowest BCUT2D eigenvalue weighted by atomic mass is 9.79. The van der Waals surface area contributed by atoms with Crippen molar-refractivity contribution in [1.29, 1.82) is 0 Å². The number of rotatable bonds is 2. The van der Waals surface area contributed by atoms with E-state index in [0.29, 0.717) is 5.92 Å². The van der Waals surface area contributed by atoms with Gasteiger partial charge < -0.3 is 9.64 Å². The van der Waals surface area contributed by atoms with E-state index in [0.717, 1.165) is 18.3 Å². The number of para-hydroxylation sites is 1. The van der Waals surface area contributed by atoms with Crippen LogP contribution in [0.3, 0.4) is 0 Å². The molecule has 1 aromatic carbocycles. The molecule has 2 heteroatoms. The van der Waals surface area contributed by atoms with E-state index < -0.39 is 0 Å². The zero-order chi connectivity index (χ0) is 11.7. The lowest BCUT2D eigenvalue weighted by molar-refractivity contribution is 0.0994. The Morgan fingerprint density at radius 1 is 1.35 bits per heavy atom. The van der Waals surface area contributed by atoms with E-state index in [1.165, 1.54) is 38.0 Å². The van der Waals surface area contributed by atoms with Crippen LogP contribution in [0.2, 0.25) is 0 Å². The Kier molecular flexibility index (Phi) is 3.06. The van der Waals surface area contributed by atoms with Crippen molar-refractivity contribution in [3.05, 3.63) is 29.8 Å². The predicted octanol–water partition coefficient (Wildman–Crippen LogP) is 2.89. The molecule has 0 amide bonds. The third-order valence-electron chi connectivity index (χ3n) is 4.15. The maximum Gasteiger partial charge on any atom is 0.122 e. The van der Waals surface area contributed by atoms with Gasteiger partial charge in [0.15, 0.2) is 0 Å². The third-order valence-corrected chi connectivity index (χ3v) is 4.15. The summed E-state index contributed by atoms with van der Waals surface area (Å²) in [5.74, 6) is 2.55. The molecule has 0 saturated carbocycles. The third kappa shape index (κ3) is 2.06. The largest absolute Gasteiger partial charge is 0.493 e. The molecule has 1 saturated heterocycles. The van der Waals surface area contributed by atoms with Crippen molar-refractivity contribution in [3.8, 4) is 5.75 Å². The fourth-order valence-corrected chi connectivity index (χ4v) is 3.25. The average Bonchev–Trinajstić information content (AvgIpc) is 2.39. The summed E-state index contributed by atoms with van der Waals surface area (Å²) in [5, 5.41) is 0. The Labute approximate surface area is 104 Å². The molecule has 92 valence electrons. The summed E-state index contributed by atoms with van der Waals surface area (Å²) in [4.78, 5) is 2.61. The average molecular weight is 231 g/mol. The number of benzene rings is 1. The normalized spacial score (nSPS) is 28.1. The minimum Gasteiger partial charge on any atom is -0.493 e. The van der Waals surface area contributed by atoms with Gasteiger partial charge in [-0.05, 0) is 37.6 Å². The molecule has 0 aliphatic carbocycles. The molecule has 2 aliphatic heterocycles. The van der Waals surface area contributed by atoms with Crippen LogP contribution >= 0.6 is 0 Å². The fourth-order valence-electron chi connectivity index (χ4n) is 3.25. The van der Waals surface area contributed by atoms with Crippen LogP contribution in [0.4, 0.5) is 0 Å². The number of ether oxygens (including phenoxy) is 1. The van der Waals surface area contributed by atoms with Gasteiger partial charge in [0.1, 0.15) is 5.75 Å². The van der Waals surface area contributed by atoms with Crippen molar-refractivity contribution in [2.75, 3.05) is 26.2 Å². The minimum atomic E-state index is 0.695. The van der Waals surface area contributed by atoms with Gasteiger partial charge in [0.25, 0.3) is 0 Å². The van der Waals surface area contributed by atoms with Gasteiger partial charge in [0.05, 0.1) is 6.61 Å². The first-order valence-electron chi connectivity index (χ1n) is 6.82. The van der Waals surface area contributed by atoms with E-state index in [1.807, 2.05) is 0 Å². The molecular weight excluding hydrogens is 210 g/mol. The SMILES string of the molecule is CCCN1CCC2COc3ccccc3C2C1. The van der Waals surface area contributed by atoms with Crippen molar-refractivity contribution in [3.63, 3.8) is 0 Å². The lowest BCUT2D eigenvalue weighted by Crippen LogP contribution is -2.43. The molecule has 2 unspecified atom stereocenters. The summed E-state index contributed by atoms with van der Waals surface area (Å²) < 4.78 is 5.87. The van der Waals surface area contributed by atoms with Crippen molar-refractivity contribution in [1.82, 2.24) is 4.90 Å². The first-order chi connectivity index (χ1) is 8.38. The zero-order valence-electron chi connectivity index (χ0n) is 10.6. The molecule has 0 bridgehead atoms. The van der Waals surface area contributed by atoms with Gasteiger partial charge in [0.2, 0.25) is 0 Å². The Morgan fingerprint density at radius 2 is 2.24 bits per heavy atom. The van der Waals surface area contributed by atoms with Gasteiger partial charge >= 0.3 is 0 Å². The summed E-state index contributed by atoms with van der Waals surface area (Å²) >= 11 is 0. The molecule has 1 fully saturated rings. The topological polar surface area (TPSA) is 12.5 Å². The quantitative estimate of drug-likeness (QED) is 0.776. The number of hydrogen-bond acceptors (Lipinski definition) is 2. The maximum atomic E-state index is 5.87. The number of hydrogen-bond donors (Lipinski definition) is 0. The van der Waals surface area contributed by atoms with Crippen LogP contribution in [-0.4, -0.2) is 31.1 Å². The first-order valence-corrected chi connectivity index (χ1v) is 6.82. The molecule has 17 heavy (non-hydrogen) atoms. The molecule has 2 nitrogen and oxygen atoms in total. The molecular formula is C15H21NO. The highest BCUT2D eigenvalue weighted by atomic mass is 16.5. The number of likely N-dealkylation sites (tertiary alicyclic amines) is 1. The van der Waals surface area contributed by atoms with E-state index in [-0.39, 0.29) is 0 Å². The minimum absolute atomic E-state index is 0.695. The van der Waals surface area contributed by atoms with Crippen molar-refractivity contribution >= 4 is 0 Å². The second kappa shape index (κ2) is 4.69. The maximum absolute atomic E-state index is 5.87. The smallest absolute Gasteiger partial charge is 0.122 e. The summed E-state index contributed by atoms with van der Waals surface area (Å²) in [6, 6.07) is 8.58. The molecule has 0 spiro atoms. The van der Waals surface area contributed by atoms with Crippen molar-refractivity contribution in [2.24, 2.45) is 5.92 Å². The van der Waals surface area contributed by atoms with Crippen LogP contribution in [-0.2, 0) is 0 Å². The van der Waals surface area contributed by atoms with Gasteiger partial charge in [0, 0.05) is 18.4 Å². The lowest BCUT2D eigenvalue weighted by Gasteiger charge is -2.41. The van der Waals surface area contributed by atoms with E-state index in [1.54, 1.807) is 0 Å². The van der Waals surface area contributed by atoms with Crippen molar-refractivity contribution < 1.29 is 4.74 Å². The van der Waals surface area contributed by atoms with Crippen molar-refractivity contribution in [2.45, 2.75) is 25.7 Å². The molecule has 2 aliphatic rings. The van der Waals surface area contributed by atoms with Crippen LogP contribution in [0.1, 0.15) is 31.2 Å². The van der Waals surface area contributed by atoms with E-state index in [4.69, 9.17) is 4.74 Å². The Hall–Kier alpha value is -1.02. The molecule has 2 atom stereocenters. The van der Waals surface area contributed by atoms with Gasteiger partial charge in [-0.2, -0.15) is 0 Å². The van der Waals surface area contributed by atoms with Crippen LogP contribution < -0.4 is 4.74 Å². The summed E-state index contributed by atoms with van der Waals surface area (Å²) in [6.45, 7) is 6.90. The molecule has 0 N–H and O–H groups in total. The Bertz CT molecular complexity index is 390. The fraction of sp³-hybridized carbons (Fsp3) is 0.600. The molecule has 3 rings (SSSR count). The molecule has 0 radical (unpaired) electrons. The Morgan fingerprint density at radius 3 is 3.12 bits per heavy atom. The summed E-state index contributed by atoms with van der Waals surface area (Å²) in [6.07, 6.45) is 2.55. The second-order valence-corrected chi connectivity index (χ2v) is 5.30. The standard InChI is InChI=1S/C15H21NO/c1-2-8-16-9-7-12-11-17-15-6-4-3-5-13(15)14(12)10-16/h3-6,12,14H,2,7-11H2,1H3. The number of nitrogens with zero attached hydrogens (tertiary/aromatic N) is 1. The molecule has 0 aromatic heterocycles. The zero-order valence-corrected chi connectivity index (χ0v) is 10.6. The van der Waals surface area contributed by atoms with Crippen LogP contribution in [0.5, 0.6) is 5.75 Å². The second-order valence-electron chi connectivity index (χ2n) is 5.30. The van der Waals surface area contributed by atoms with Crippen LogP contribution in [0, 0.1) is 5.92 Å². The highest BCUT2D eigenvalue weighted by molar-refractivity contribution is 5.39. The van der Waals surface area contributed by atoms with Crippen LogP contribution in [0.25, 0.3) is 0 Å². The number of piperidine rings is 1. The highest BCUT2D eigenvalue weighted by Gasteiger charge is 2.35. The summed E-state index contributed by atoms with van der Waals surface area (Å²) in [5.41, 5.74) is 1.43. The van der Waals surface area contributed by atoms with Gasteiger partial charge in [-0.1, -0.05) is 25.1 Å². The number of fused-ring (bicyclic) bond motifs is 3. The van der Waals surface area contributed by atoms with E-state index >= 15 is 0 Å².